The van der Waals surface area contributed by atoms with E-state index in [1.165, 1.54) is 58.7 Å². The van der Waals surface area contributed by atoms with Gasteiger partial charge in [0, 0.05) is 124 Å². The SMILES string of the molecule is CCCC[C@H]1C(=O)N(C)[C@@H](CCCC)C(=O)N[C@@H](C)C(=O)N[C@H](C(=O)NCC(N)=O)CSCC(=O)N[C@H]2Cc3ccc(O)cc3N(C2=O)[C@@H](C)C(=O)N[C@H]2CC(=O)NCCC[C@H](NC(=O)[C@H](Cc3cnc[nH]3)NC(=O)[C@@H]3CCCN3C2=O)C(=O)N2C[C@H](O)C[C@H]2C(=O)N[C@@H](Cc2c[nH]c3ccccc23)C(=O)N[C@@H](CO)C(=O)N[C@@H](Cc2c[nH]c3ccccc23)C(=O)N1C. The number of carbonyl (C=O) groups excluding carboxylic acids is 17. The smallest absolute Gasteiger partial charge is 0.250 e. The number of aromatic hydroxyl groups is 1. The van der Waals surface area contributed by atoms with Crippen LogP contribution >= 0.6 is 11.8 Å². The Bertz CT molecular complexity index is 5120. The van der Waals surface area contributed by atoms with E-state index < -0.39 is 229 Å². The molecule has 5 aliphatic rings. The van der Waals surface area contributed by atoms with Gasteiger partial charge in [-0.1, -0.05) is 82.0 Å². The number of nitrogens with two attached hydrogens (primary N) is 1. The van der Waals surface area contributed by atoms with Crippen LogP contribution in [0.2, 0.25) is 0 Å². The second-order valence-corrected chi connectivity index (χ2v) is 34.0. The summed E-state index contributed by atoms with van der Waals surface area (Å²) < 4.78 is 0. The molecule has 11 rings (SSSR count). The molecule has 17 amide bonds. The number of anilines is 1. The van der Waals surface area contributed by atoms with Gasteiger partial charge in [-0.2, -0.15) is 0 Å². The molecule has 19 N–H and O–H groups in total. The third-order valence-corrected chi connectivity index (χ3v) is 24.8. The van der Waals surface area contributed by atoms with Crippen LogP contribution in [0.3, 0.4) is 0 Å². The molecule has 4 fully saturated rings. The number of amides is 17. The zero-order chi connectivity index (χ0) is 92.3. The molecule has 0 aliphatic carbocycles. The van der Waals surface area contributed by atoms with E-state index >= 15 is 38.4 Å². The largest absolute Gasteiger partial charge is 0.508 e. The number of aliphatic hydroxyl groups is 2. The Balaban J connectivity index is 0.953. The lowest BCUT2D eigenvalue weighted by Gasteiger charge is -2.38. The highest BCUT2D eigenvalue weighted by Crippen LogP contribution is 2.34. The maximum absolute atomic E-state index is 15.6. The number of imidazole rings is 1. The molecule has 0 saturated carbocycles. The summed E-state index contributed by atoms with van der Waals surface area (Å²) in [6.45, 7) is 3.65. The zero-order valence-corrected chi connectivity index (χ0v) is 72.9. The van der Waals surface area contributed by atoms with Gasteiger partial charge in [0.1, 0.15) is 90.3 Å². The van der Waals surface area contributed by atoms with Crippen molar-refractivity contribution in [3.05, 3.63) is 114 Å². The number of phenols is 1. The monoisotopic (exact) mass is 1790 g/mol. The van der Waals surface area contributed by atoms with E-state index in [9.17, 15) is 58.5 Å². The number of aromatic nitrogens is 4. The average Bonchev–Trinajstić information content (AvgIpc) is 1.34. The molecule has 4 saturated heterocycles. The first-order chi connectivity index (χ1) is 61.2. The van der Waals surface area contributed by atoms with E-state index in [0.717, 1.165) is 36.3 Å². The molecule has 8 heterocycles. The zero-order valence-electron chi connectivity index (χ0n) is 72.0. The van der Waals surface area contributed by atoms with E-state index in [1.807, 2.05) is 13.8 Å². The van der Waals surface area contributed by atoms with E-state index in [1.54, 1.807) is 60.9 Å². The Labute approximate surface area is 740 Å². The van der Waals surface area contributed by atoms with Gasteiger partial charge in [-0.05, 0) is 87.3 Å². The van der Waals surface area contributed by atoms with Gasteiger partial charge in [0.25, 0.3) is 5.91 Å². The predicted molar refractivity (Wildman–Crippen MR) is 465 cm³/mol. The molecule has 0 spiro atoms. The number of hydrogen-bond acceptors (Lipinski definition) is 22. The highest BCUT2D eigenvalue weighted by Gasteiger charge is 2.48. The Kier molecular flexibility index (Phi) is 32.8. The highest BCUT2D eigenvalue weighted by atomic mass is 32.2. The number of nitrogens with one attached hydrogen (secondary N) is 14. The Morgan fingerprint density at radius 2 is 1.17 bits per heavy atom. The molecule has 6 aromatic rings. The van der Waals surface area contributed by atoms with Crippen molar-refractivity contribution in [2.75, 3.05) is 63.3 Å². The molecule has 15 atom stereocenters. The number of benzene rings is 3. The summed E-state index contributed by atoms with van der Waals surface area (Å²) in [4.78, 5) is 269. The summed E-state index contributed by atoms with van der Waals surface area (Å²) in [5, 5.41) is 63.9. The normalized spacial score (nSPS) is 26.4. The fourth-order valence-electron chi connectivity index (χ4n) is 16.8. The van der Waals surface area contributed by atoms with Crippen molar-refractivity contribution in [3.63, 3.8) is 0 Å². The summed E-state index contributed by atoms with van der Waals surface area (Å²) in [6.07, 6.45) is 3.92. The molecule has 0 unspecified atom stereocenters. The number of rotatable bonds is 16. The van der Waals surface area contributed by atoms with Crippen LogP contribution in [-0.4, -0.2) is 304 Å². The number of thioether (sulfide) groups is 1. The first kappa shape index (κ1) is 95.7. The number of primary amides is 1. The number of carbonyl (C=O) groups is 17. The number of fused-ring (bicyclic) bond motifs is 15. The second-order valence-electron chi connectivity index (χ2n) is 33.0. The quantitative estimate of drug-likeness (QED) is 0.0462. The number of hydrogen-bond donors (Lipinski definition) is 18. The van der Waals surface area contributed by atoms with Crippen LogP contribution in [0.1, 0.15) is 127 Å². The molecule has 3 aromatic carbocycles. The van der Waals surface area contributed by atoms with E-state index in [4.69, 9.17) is 5.73 Å². The van der Waals surface area contributed by atoms with Crippen molar-refractivity contribution in [2.45, 2.75) is 221 Å². The first-order valence-corrected chi connectivity index (χ1v) is 44.2. The summed E-state index contributed by atoms with van der Waals surface area (Å²) in [7, 11) is 2.71. The van der Waals surface area contributed by atoms with E-state index in [0.29, 0.717) is 69.9 Å². The first-order valence-electron chi connectivity index (χ1n) is 43.0. The summed E-state index contributed by atoms with van der Waals surface area (Å²) in [5.41, 5.74) is 8.36. The number of H-pyrrole nitrogens is 3. The molecule has 4 bridgehead atoms. The van der Waals surface area contributed by atoms with Crippen LogP contribution in [0, 0.1) is 0 Å². The van der Waals surface area contributed by atoms with Gasteiger partial charge in [0.15, 0.2) is 0 Å². The van der Waals surface area contributed by atoms with Gasteiger partial charge >= 0.3 is 0 Å². The number of para-hydroxylation sites is 2. The van der Waals surface area contributed by atoms with Crippen molar-refractivity contribution in [3.8, 4) is 5.75 Å². The molecule has 42 heteroatoms. The molecule has 3 aromatic heterocycles. The van der Waals surface area contributed by atoms with Gasteiger partial charge in [0.2, 0.25) is 94.5 Å². The van der Waals surface area contributed by atoms with E-state index in [2.05, 4.69) is 78.4 Å². The number of likely N-dealkylation sites (N-methyl/N-ethyl adjacent to an activating group) is 2. The maximum Gasteiger partial charge on any atom is 0.250 e. The lowest BCUT2D eigenvalue weighted by atomic mass is 9.95. The van der Waals surface area contributed by atoms with Crippen molar-refractivity contribution < 1.29 is 96.8 Å². The fraction of sp³-hybridized carbons (Fsp3) is 0.512. The van der Waals surface area contributed by atoms with Crippen LogP contribution in [-0.2, 0) is 107 Å². The topological polar surface area (TPSA) is 586 Å². The van der Waals surface area contributed by atoms with Gasteiger partial charge in [-0.25, -0.2) is 4.98 Å². The molecule has 41 nitrogen and oxygen atoms in total. The lowest BCUT2D eigenvalue weighted by molar-refractivity contribution is -0.149. The van der Waals surface area contributed by atoms with Gasteiger partial charge in [0.05, 0.1) is 43.4 Å². The van der Waals surface area contributed by atoms with Crippen LogP contribution in [0.4, 0.5) is 5.69 Å². The van der Waals surface area contributed by atoms with Gasteiger partial charge < -0.3 is 114 Å². The maximum atomic E-state index is 15.6. The minimum atomic E-state index is -1.89. The van der Waals surface area contributed by atoms with Crippen LogP contribution in [0.5, 0.6) is 5.75 Å². The Morgan fingerprint density at radius 3 is 1.83 bits per heavy atom. The predicted octanol–water partition coefficient (Wildman–Crippen LogP) is -2.91. The Morgan fingerprint density at radius 1 is 0.578 bits per heavy atom. The van der Waals surface area contributed by atoms with Gasteiger partial charge in [-0.15, -0.1) is 11.8 Å². The minimum absolute atomic E-state index is 0.0105. The average molecular weight is 1790 g/mol. The third kappa shape index (κ3) is 23.6. The third-order valence-electron chi connectivity index (χ3n) is 23.8. The standard InChI is InChI=1S/C86H113N21O20S/c1-7-9-22-65-79(120)94-45(3)73(114)102-64(75(116)92-39-70(87)111)42-128-43-72(113)95-61-29-47-25-26-51(109)33-68(47)107(85(61)126)46(4)74(115)99-62-35-71(112)89-27-15-21-57(96-77(118)59(32-50-38-88-44-93-50)98-80(121)66-24-16-28-105(66)84(62)125)83(124)106-40-52(110)34-69(106)81(122)97-58(30-48-36-90-55-19-13-11-17-53(48)55)76(117)101-63(41-108)78(119)100-60(31-49-37-91-56-20-14-12-18-54(49)56)82(123)104(6)67(23-10-8-2)86(127)103(65)5/h11-14,17-20,25-26,33,36-38,44-46,52,57-67,69,90-91,108-110H,7-10,15-16,21-24,27-32,34-35,39-43H2,1-6H3,(H2,87,111)(H,88,93)(H,89,112)(H,92,116)(H,94,120)(H,95,113)(H,96,118)(H,97,122)(H,98,121)(H,99,115)(H,100,119)(H,101,117)(H,102,114)/t45-,46-,52+,57-,58-,59-,60-,61-,62-,63-,64-,65-,66-,67-,69-/m0/s1. The lowest BCUT2D eigenvalue weighted by Crippen LogP contribution is -2.62. The van der Waals surface area contributed by atoms with Crippen LogP contribution < -0.4 is 69.1 Å². The molecule has 128 heavy (non-hydrogen) atoms. The second kappa shape index (κ2) is 44.0. The molecular formula is C86H113N21O20S. The Hall–Kier alpha value is -13.0. The van der Waals surface area contributed by atoms with Crippen molar-refractivity contribution >= 4 is 140 Å². The summed E-state index contributed by atoms with van der Waals surface area (Å²) in [6, 6.07) is -3.57. The molecule has 0 radical (unpaired) electrons. The molecule has 5 aliphatic heterocycles. The van der Waals surface area contributed by atoms with Gasteiger partial charge in [-0.3, -0.25) is 86.4 Å². The highest BCUT2D eigenvalue weighted by molar-refractivity contribution is 8.00. The summed E-state index contributed by atoms with van der Waals surface area (Å²) in [5.74, 6) is -16.8. The fourth-order valence-corrected chi connectivity index (χ4v) is 17.6. The molecule has 688 valence electrons. The van der Waals surface area contributed by atoms with E-state index in [-0.39, 0.29) is 94.5 Å². The minimum Gasteiger partial charge on any atom is -0.508 e. The van der Waals surface area contributed by atoms with Crippen LogP contribution in [0.25, 0.3) is 21.8 Å². The van der Waals surface area contributed by atoms with Crippen molar-refractivity contribution in [1.82, 2.24) is 98.0 Å². The summed E-state index contributed by atoms with van der Waals surface area (Å²) >= 11 is 0.798. The van der Waals surface area contributed by atoms with Crippen molar-refractivity contribution in [2.24, 2.45) is 5.73 Å². The number of aromatic amines is 3. The van der Waals surface area contributed by atoms with Crippen LogP contribution in [0.15, 0.2) is 91.6 Å². The molecular weight excluding hydrogens is 1680 g/mol. The number of aliphatic hydroxyl groups excluding tert-OH is 2. The number of phenolic OH excluding ortho intramolecular Hbond substituents is 1. The number of unbranched alkanes of at least 4 members (excludes halogenated alkanes) is 2. The van der Waals surface area contributed by atoms with Crippen molar-refractivity contribution in [1.29, 1.82) is 0 Å². The number of nitrogens with zero attached hydrogens (tertiary/aromatic N) is 6.